The topological polar surface area (TPSA) is 76.8 Å². The molecule has 0 saturated carbocycles. The van der Waals surface area contributed by atoms with E-state index >= 15 is 0 Å². The van der Waals surface area contributed by atoms with Crippen LogP contribution in [0.25, 0.3) is 10.9 Å². The number of nitrogens with zero attached hydrogens (tertiary/aromatic N) is 4. The number of fused-ring (bicyclic) bond motifs is 1. The van der Waals surface area contributed by atoms with Crippen LogP contribution in [0.3, 0.4) is 0 Å². The zero-order valence-corrected chi connectivity index (χ0v) is 13.4. The van der Waals surface area contributed by atoms with Crippen molar-refractivity contribution in [3.63, 3.8) is 0 Å². The van der Waals surface area contributed by atoms with Crippen molar-refractivity contribution in [2.45, 2.75) is 19.5 Å². The van der Waals surface area contributed by atoms with E-state index in [1.807, 2.05) is 49.2 Å². The van der Waals surface area contributed by atoms with E-state index in [0.717, 1.165) is 28.7 Å². The molecule has 1 aromatic carbocycles. The summed E-state index contributed by atoms with van der Waals surface area (Å²) in [5.74, 6) is -0.123. The van der Waals surface area contributed by atoms with E-state index in [9.17, 15) is 4.79 Å². The second kappa shape index (κ2) is 6.21. The molecule has 7 nitrogen and oxygen atoms in total. The predicted octanol–water partition coefficient (Wildman–Crippen LogP) is 1.69. The van der Waals surface area contributed by atoms with Crippen molar-refractivity contribution in [3.8, 4) is 0 Å². The number of aromatic nitrogens is 4. The van der Waals surface area contributed by atoms with Gasteiger partial charge in [0.15, 0.2) is 0 Å². The molecule has 0 aliphatic carbocycles. The predicted molar refractivity (Wildman–Crippen MR) is 89.0 cm³/mol. The number of benzene rings is 1. The van der Waals surface area contributed by atoms with Gasteiger partial charge in [0.05, 0.1) is 17.9 Å². The summed E-state index contributed by atoms with van der Waals surface area (Å²) in [5, 5.41) is 15.5. The SMILES string of the molecule is CCn1ncc2ccc(NC(=O)C(NC)c3cnn(C)c3)cc21. The van der Waals surface area contributed by atoms with E-state index in [1.54, 1.807) is 17.9 Å². The van der Waals surface area contributed by atoms with Crippen LogP contribution >= 0.6 is 0 Å². The monoisotopic (exact) mass is 312 g/mol. The van der Waals surface area contributed by atoms with Crippen molar-refractivity contribution in [2.75, 3.05) is 12.4 Å². The third-order valence-electron chi connectivity index (χ3n) is 3.82. The minimum absolute atomic E-state index is 0.123. The molecule has 0 saturated heterocycles. The Morgan fingerprint density at radius 3 is 2.78 bits per heavy atom. The highest BCUT2D eigenvalue weighted by Crippen LogP contribution is 2.21. The summed E-state index contributed by atoms with van der Waals surface area (Å²) in [6.45, 7) is 2.83. The molecule has 0 aliphatic heterocycles. The van der Waals surface area contributed by atoms with Gasteiger partial charge in [-0.1, -0.05) is 0 Å². The normalized spacial score (nSPS) is 12.5. The molecule has 23 heavy (non-hydrogen) atoms. The zero-order valence-electron chi connectivity index (χ0n) is 13.4. The Balaban J connectivity index is 1.83. The van der Waals surface area contributed by atoms with Crippen LogP contribution in [0.5, 0.6) is 0 Å². The number of anilines is 1. The second-order valence-electron chi connectivity index (χ2n) is 5.39. The smallest absolute Gasteiger partial charge is 0.246 e. The van der Waals surface area contributed by atoms with Gasteiger partial charge in [-0.15, -0.1) is 0 Å². The first kappa shape index (κ1) is 15.2. The molecule has 0 fully saturated rings. The highest BCUT2D eigenvalue weighted by Gasteiger charge is 2.20. The van der Waals surface area contributed by atoms with Gasteiger partial charge in [-0.05, 0) is 32.2 Å². The molecule has 2 N–H and O–H groups in total. The molecular weight excluding hydrogens is 292 g/mol. The molecule has 0 bridgehead atoms. The number of rotatable bonds is 5. The lowest BCUT2D eigenvalue weighted by Gasteiger charge is -2.14. The number of hydrogen-bond donors (Lipinski definition) is 2. The number of likely N-dealkylation sites (N-methyl/N-ethyl adjacent to an activating group) is 1. The van der Waals surface area contributed by atoms with Crippen molar-refractivity contribution in [3.05, 3.63) is 42.4 Å². The Bertz CT molecular complexity index is 834. The Labute approximate surface area is 134 Å². The fourth-order valence-electron chi connectivity index (χ4n) is 2.65. The number of carbonyl (C=O) groups excluding carboxylic acids is 1. The first-order valence-electron chi connectivity index (χ1n) is 7.54. The van der Waals surface area contributed by atoms with Crippen LogP contribution in [0.2, 0.25) is 0 Å². The quantitative estimate of drug-likeness (QED) is 0.751. The van der Waals surface area contributed by atoms with Gasteiger partial charge in [-0.3, -0.25) is 14.2 Å². The molecule has 3 aromatic rings. The van der Waals surface area contributed by atoms with Crippen molar-refractivity contribution >= 4 is 22.5 Å². The highest BCUT2D eigenvalue weighted by atomic mass is 16.2. The summed E-state index contributed by atoms with van der Waals surface area (Å²) in [6, 6.07) is 5.34. The van der Waals surface area contributed by atoms with Gasteiger partial charge < -0.3 is 10.6 Å². The molecule has 2 aromatic heterocycles. The molecule has 0 aliphatic rings. The molecule has 1 amide bonds. The molecule has 120 valence electrons. The van der Waals surface area contributed by atoms with Gasteiger partial charge >= 0.3 is 0 Å². The first-order valence-corrected chi connectivity index (χ1v) is 7.54. The van der Waals surface area contributed by atoms with Crippen LogP contribution in [0, 0.1) is 0 Å². The van der Waals surface area contributed by atoms with Crippen molar-refractivity contribution in [1.82, 2.24) is 24.9 Å². The number of hydrogen-bond acceptors (Lipinski definition) is 4. The zero-order chi connectivity index (χ0) is 16.4. The van der Waals surface area contributed by atoms with E-state index in [4.69, 9.17) is 0 Å². The molecule has 7 heteroatoms. The fraction of sp³-hybridized carbons (Fsp3) is 0.312. The second-order valence-corrected chi connectivity index (χ2v) is 5.39. The lowest BCUT2D eigenvalue weighted by Crippen LogP contribution is -2.30. The van der Waals surface area contributed by atoms with Gasteiger partial charge in [0, 0.05) is 36.4 Å². The van der Waals surface area contributed by atoms with Crippen LogP contribution in [0.1, 0.15) is 18.5 Å². The van der Waals surface area contributed by atoms with E-state index in [2.05, 4.69) is 20.8 Å². The summed E-state index contributed by atoms with van der Waals surface area (Å²) in [5.41, 5.74) is 2.58. The largest absolute Gasteiger partial charge is 0.324 e. The molecule has 3 rings (SSSR count). The molecular formula is C16H20N6O. The molecule has 0 radical (unpaired) electrons. The van der Waals surface area contributed by atoms with Gasteiger partial charge in [0.25, 0.3) is 0 Å². The van der Waals surface area contributed by atoms with Crippen LogP contribution in [0.4, 0.5) is 5.69 Å². The molecule has 2 heterocycles. The van der Waals surface area contributed by atoms with Gasteiger partial charge in [-0.25, -0.2) is 0 Å². The van der Waals surface area contributed by atoms with Gasteiger partial charge in [0.2, 0.25) is 5.91 Å². The van der Waals surface area contributed by atoms with Gasteiger partial charge in [-0.2, -0.15) is 10.2 Å². The first-order chi connectivity index (χ1) is 11.1. The highest BCUT2D eigenvalue weighted by molar-refractivity contribution is 5.97. The average Bonchev–Trinajstić information content (AvgIpc) is 3.14. The maximum atomic E-state index is 12.5. The van der Waals surface area contributed by atoms with Crippen molar-refractivity contribution < 1.29 is 4.79 Å². The maximum Gasteiger partial charge on any atom is 0.246 e. The Kier molecular flexibility index (Phi) is 4.12. The van der Waals surface area contributed by atoms with Crippen molar-refractivity contribution in [2.24, 2.45) is 7.05 Å². The van der Waals surface area contributed by atoms with Crippen LogP contribution in [0.15, 0.2) is 36.8 Å². The summed E-state index contributed by atoms with van der Waals surface area (Å²) in [6.07, 6.45) is 5.35. The summed E-state index contributed by atoms with van der Waals surface area (Å²) in [4.78, 5) is 12.5. The standard InChI is InChI=1S/C16H20N6O/c1-4-22-14-7-13(6-5-11(14)8-19-22)20-16(23)15(17-2)12-9-18-21(3)10-12/h5-10,15,17H,4H2,1-3H3,(H,20,23). The Morgan fingerprint density at radius 2 is 2.13 bits per heavy atom. The van der Waals surface area contributed by atoms with Crippen LogP contribution in [-0.2, 0) is 18.4 Å². The number of nitrogens with one attached hydrogen (secondary N) is 2. The van der Waals surface area contributed by atoms with Crippen LogP contribution in [-0.4, -0.2) is 32.5 Å². The van der Waals surface area contributed by atoms with E-state index in [0.29, 0.717) is 0 Å². The average molecular weight is 312 g/mol. The third kappa shape index (κ3) is 2.95. The molecule has 1 unspecified atom stereocenters. The molecule has 1 atom stereocenters. The summed E-state index contributed by atoms with van der Waals surface area (Å²) < 4.78 is 3.58. The number of aryl methyl sites for hydroxylation is 2. The Morgan fingerprint density at radius 1 is 1.30 bits per heavy atom. The van der Waals surface area contributed by atoms with E-state index in [1.165, 1.54) is 0 Å². The summed E-state index contributed by atoms with van der Waals surface area (Å²) in [7, 11) is 3.58. The van der Waals surface area contributed by atoms with Crippen LogP contribution < -0.4 is 10.6 Å². The number of amides is 1. The summed E-state index contributed by atoms with van der Waals surface area (Å²) >= 11 is 0. The minimum atomic E-state index is -0.449. The minimum Gasteiger partial charge on any atom is -0.324 e. The molecule has 0 spiro atoms. The fourth-order valence-corrected chi connectivity index (χ4v) is 2.65. The van der Waals surface area contributed by atoms with Gasteiger partial charge in [0.1, 0.15) is 6.04 Å². The van der Waals surface area contributed by atoms with E-state index in [-0.39, 0.29) is 5.91 Å². The third-order valence-corrected chi connectivity index (χ3v) is 3.82. The maximum absolute atomic E-state index is 12.5. The lowest BCUT2D eigenvalue weighted by molar-refractivity contribution is -0.118. The number of carbonyl (C=O) groups is 1. The van der Waals surface area contributed by atoms with E-state index < -0.39 is 6.04 Å². The van der Waals surface area contributed by atoms with Crippen molar-refractivity contribution in [1.29, 1.82) is 0 Å². The Hall–Kier alpha value is -2.67. The lowest BCUT2D eigenvalue weighted by atomic mass is 10.1.